The summed E-state index contributed by atoms with van der Waals surface area (Å²) >= 11 is 0. The van der Waals surface area contributed by atoms with E-state index in [0.717, 1.165) is 18.2 Å². The standard InChI is InChI=1S/C14H18FN3O3S/c1-8(2)18-10(4)14(9(3)16-18)17-22(20,21)11-5-6-13(19)12(15)7-11/h5-8,17,19H,1-4H3. The van der Waals surface area contributed by atoms with E-state index in [1.807, 2.05) is 13.8 Å². The summed E-state index contributed by atoms with van der Waals surface area (Å²) in [6.07, 6.45) is 0. The lowest BCUT2D eigenvalue weighted by Crippen LogP contribution is -2.14. The van der Waals surface area contributed by atoms with Crippen molar-refractivity contribution in [3.8, 4) is 5.75 Å². The number of aromatic nitrogens is 2. The molecule has 0 atom stereocenters. The van der Waals surface area contributed by atoms with Gasteiger partial charge in [0.1, 0.15) is 0 Å². The molecule has 2 aromatic rings. The van der Waals surface area contributed by atoms with E-state index in [1.165, 1.54) is 0 Å². The van der Waals surface area contributed by atoms with Gasteiger partial charge in [0.2, 0.25) is 0 Å². The second-order valence-electron chi connectivity index (χ2n) is 5.30. The van der Waals surface area contributed by atoms with E-state index in [2.05, 4.69) is 9.82 Å². The van der Waals surface area contributed by atoms with Gasteiger partial charge < -0.3 is 5.11 Å². The maximum atomic E-state index is 13.4. The van der Waals surface area contributed by atoms with Gasteiger partial charge in [-0.2, -0.15) is 5.10 Å². The maximum absolute atomic E-state index is 13.4. The van der Waals surface area contributed by atoms with Crippen molar-refractivity contribution in [3.05, 3.63) is 35.4 Å². The Balaban J connectivity index is 2.43. The summed E-state index contributed by atoms with van der Waals surface area (Å²) in [6.45, 7) is 7.33. The van der Waals surface area contributed by atoms with Gasteiger partial charge >= 0.3 is 0 Å². The van der Waals surface area contributed by atoms with Gasteiger partial charge in [0.15, 0.2) is 11.6 Å². The molecule has 0 aliphatic carbocycles. The topological polar surface area (TPSA) is 84.2 Å². The van der Waals surface area contributed by atoms with Gasteiger partial charge in [-0.1, -0.05) is 0 Å². The highest BCUT2D eigenvalue weighted by Gasteiger charge is 2.21. The van der Waals surface area contributed by atoms with Crippen molar-refractivity contribution in [1.82, 2.24) is 9.78 Å². The number of rotatable bonds is 4. The first kappa shape index (κ1) is 16.3. The molecule has 1 aromatic heterocycles. The second-order valence-corrected chi connectivity index (χ2v) is 6.99. The zero-order chi connectivity index (χ0) is 16.7. The maximum Gasteiger partial charge on any atom is 0.262 e. The molecule has 1 aromatic carbocycles. The lowest BCUT2D eigenvalue weighted by atomic mass is 10.3. The van der Waals surface area contributed by atoms with Crippen molar-refractivity contribution in [2.75, 3.05) is 4.72 Å². The Labute approximate surface area is 128 Å². The number of anilines is 1. The third-order valence-corrected chi connectivity index (χ3v) is 4.63. The van der Waals surface area contributed by atoms with Gasteiger partial charge in [0.05, 0.1) is 22.0 Å². The number of halogens is 1. The molecule has 2 rings (SSSR count). The summed E-state index contributed by atoms with van der Waals surface area (Å²) in [7, 11) is -3.96. The molecule has 0 radical (unpaired) electrons. The first-order valence-corrected chi connectivity index (χ1v) is 8.19. The number of sulfonamides is 1. The zero-order valence-electron chi connectivity index (χ0n) is 12.8. The van der Waals surface area contributed by atoms with Crippen LogP contribution in [-0.2, 0) is 10.0 Å². The summed E-state index contributed by atoms with van der Waals surface area (Å²) < 4.78 is 42.2. The van der Waals surface area contributed by atoms with Gasteiger partial charge in [0.25, 0.3) is 10.0 Å². The molecule has 2 N–H and O–H groups in total. The molecule has 1 heterocycles. The molecule has 0 fully saturated rings. The Hall–Kier alpha value is -2.09. The molecule has 0 unspecified atom stereocenters. The molecule has 0 amide bonds. The minimum atomic E-state index is -3.96. The summed E-state index contributed by atoms with van der Waals surface area (Å²) in [6, 6.07) is 3.00. The molecule has 0 aliphatic heterocycles. The predicted octanol–water partition coefficient (Wildman–Crippen LogP) is 2.73. The summed E-state index contributed by atoms with van der Waals surface area (Å²) in [5.41, 5.74) is 1.59. The first-order chi connectivity index (χ1) is 10.1. The van der Waals surface area contributed by atoms with Gasteiger partial charge in [0, 0.05) is 6.04 Å². The number of aryl methyl sites for hydroxylation is 1. The van der Waals surface area contributed by atoms with Crippen LogP contribution in [0, 0.1) is 19.7 Å². The van der Waals surface area contributed by atoms with Crippen LogP contribution in [0.15, 0.2) is 23.1 Å². The van der Waals surface area contributed by atoms with Gasteiger partial charge in [-0.3, -0.25) is 9.40 Å². The Morgan fingerprint density at radius 1 is 1.32 bits per heavy atom. The van der Waals surface area contributed by atoms with E-state index in [9.17, 15) is 12.8 Å². The van der Waals surface area contributed by atoms with Crippen LogP contribution in [0.5, 0.6) is 5.75 Å². The average molecular weight is 327 g/mol. The number of hydrogen-bond acceptors (Lipinski definition) is 4. The second kappa shape index (κ2) is 5.60. The minimum Gasteiger partial charge on any atom is -0.505 e. The van der Waals surface area contributed by atoms with E-state index < -0.39 is 21.6 Å². The number of nitrogens with one attached hydrogen (secondary N) is 1. The Morgan fingerprint density at radius 3 is 2.45 bits per heavy atom. The SMILES string of the molecule is Cc1nn(C(C)C)c(C)c1NS(=O)(=O)c1ccc(O)c(F)c1. The summed E-state index contributed by atoms with van der Waals surface area (Å²) in [4.78, 5) is -0.265. The van der Waals surface area contributed by atoms with Crippen LogP contribution in [-0.4, -0.2) is 23.3 Å². The van der Waals surface area contributed by atoms with Crippen molar-refractivity contribution in [1.29, 1.82) is 0 Å². The fourth-order valence-corrected chi connectivity index (χ4v) is 3.35. The van der Waals surface area contributed by atoms with Crippen molar-refractivity contribution < 1.29 is 17.9 Å². The highest BCUT2D eigenvalue weighted by atomic mass is 32.2. The molecule has 0 bridgehead atoms. The fraction of sp³-hybridized carbons (Fsp3) is 0.357. The molecule has 6 nitrogen and oxygen atoms in total. The van der Waals surface area contributed by atoms with Gasteiger partial charge in [-0.25, -0.2) is 12.8 Å². The molecule has 22 heavy (non-hydrogen) atoms. The third-order valence-electron chi connectivity index (χ3n) is 3.28. The van der Waals surface area contributed by atoms with Crippen LogP contribution in [0.1, 0.15) is 31.3 Å². The number of phenolic OH excluding ortho intramolecular Hbond substituents is 1. The van der Waals surface area contributed by atoms with Gasteiger partial charge in [-0.15, -0.1) is 0 Å². The third kappa shape index (κ3) is 2.92. The normalized spacial score (nSPS) is 11.9. The number of aromatic hydroxyl groups is 1. The van der Waals surface area contributed by atoms with Crippen LogP contribution in [0.4, 0.5) is 10.1 Å². The van der Waals surface area contributed by atoms with E-state index in [1.54, 1.807) is 18.5 Å². The van der Waals surface area contributed by atoms with Crippen molar-refractivity contribution >= 4 is 15.7 Å². The predicted molar refractivity (Wildman–Crippen MR) is 81.0 cm³/mol. The fourth-order valence-electron chi connectivity index (χ4n) is 2.16. The zero-order valence-corrected chi connectivity index (χ0v) is 13.6. The van der Waals surface area contributed by atoms with Crippen molar-refractivity contribution in [2.45, 2.75) is 38.6 Å². The van der Waals surface area contributed by atoms with Gasteiger partial charge in [-0.05, 0) is 45.9 Å². The Bertz CT molecular complexity index is 813. The Kier molecular flexibility index (Phi) is 4.15. The van der Waals surface area contributed by atoms with E-state index in [0.29, 0.717) is 17.1 Å². The minimum absolute atomic E-state index is 0.0862. The smallest absolute Gasteiger partial charge is 0.262 e. The molecule has 8 heteroatoms. The Morgan fingerprint density at radius 2 is 1.95 bits per heavy atom. The molecular formula is C14H18FN3O3S. The molecule has 0 saturated heterocycles. The summed E-state index contributed by atoms with van der Waals surface area (Å²) in [5, 5.41) is 13.4. The van der Waals surface area contributed by atoms with E-state index in [-0.39, 0.29) is 10.9 Å². The van der Waals surface area contributed by atoms with Crippen molar-refractivity contribution in [3.63, 3.8) is 0 Å². The van der Waals surface area contributed by atoms with Crippen molar-refractivity contribution in [2.24, 2.45) is 0 Å². The first-order valence-electron chi connectivity index (χ1n) is 6.70. The van der Waals surface area contributed by atoms with E-state index in [4.69, 9.17) is 5.11 Å². The highest BCUT2D eigenvalue weighted by Crippen LogP contribution is 2.26. The molecule has 0 saturated carbocycles. The van der Waals surface area contributed by atoms with Crippen LogP contribution >= 0.6 is 0 Å². The lowest BCUT2D eigenvalue weighted by Gasteiger charge is -2.11. The molecular weight excluding hydrogens is 309 g/mol. The molecule has 0 aliphatic rings. The number of phenols is 1. The number of nitrogens with zero attached hydrogens (tertiary/aromatic N) is 2. The van der Waals surface area contributed by atoms with Crippen LogP contribution in [0.25, 0.3) is 0 Å². The quantitative estimate of drug-likeness (QED) is 0.904. The number of benzene rings is 1. The van der Waals surface area contributed by atoms with Crippen LogP contribution in [0.2, 0.25) is 0 Å². The van der Waals surface area contributed by atoms with E-state index >= 15 is 0 Å². The number of hydrogen-bond donors (Lipinski definition) is 2. The van der Waals surface area contributed by atoms with Crippen LogP contribution in [0.3, 0.4) is 0 Å². The summed E-state index contributed by atoms with van der Waals surface area (Å²) in [5.74, 6) is -1.59. The molecule has 120 valence electrons. The lowest BCUT2D eigenvalue weighted by molar-refractivity contribution is 0.431. The molecule has 0 spiro atoms. The average Bonchev–Trinajstić information content (AvgIpc) is 2.69. The highest BCUT2D eigenvalue weighted by molar-refractivity contribution is 7.92. The largest absolute Gasteiger partial charge is 0.505 e. The van der Waals surface area contributed by atoms with Crippen LogP contribution < -0.4 is 4.72 Å². The monoisotopic (exact) mass is 327 g/mol.